The Balaban J connectivity index is 1.97. The third-order valence-electron chi connectivity index (χ3n) is 5.66. The molecule has 2 unspecified atom stereocenters. The number of rotatable bonds is 0. The molecule has 16 heavy (non-hydrogen) atoms. The summed E-state index contributed by atoms with van der Waals surface area (Å²) in [6.07, 6.45) is 10.3. The first-order valence-corrected chi connectivity index (χ1v) is 6.75. The summed E-state index contributed by atoms with van der Waals surface area (Å²) in [7, 11) is 0. The second-order valence-corrected chi connectivity index (χ2v) is 7.53. The van der Waals surface area contributed by atoms with E-state index in [0.717, 1.165) is 18.8 Å². The van der Waals surface area contributed by atoms with E-state index >= 15 is 0 Å². The van der Waals surface area contributed by atoms with Crippen molar-refractivity contribution in [2.24, 2.45) is 22.7 Å². The molecule has 0 aliphatic heterocycles. The zero-order chi connectivity index (χ0) is 11.6. The summed E-state index contributed by atoms with van der Waals surface area (Å²) in [4.78, 5) is 0. The number of hydrogen-bond acceptors (Lipinski definition) is 1. The fourth-order valence-corrected chi connectivity index (χ4v) is 4.67. The first-order chi connectivity index (χ1) is 7.35. The largest absolute Gasteiger partial charge is 0.385 e. The van der Waals surface area contributed by atoms with E-state index in [1.165, 1.54) is 19.3 Å². The van der Waals surface area contributed by atoms with Crippen LogP contribution in [-0.4, -0.2) is 10.7 Å². The Morgan fingerprint density at radius 3 is 2.62 bits per heavy atom. The second kappa shape index (κ2) is 2.93. The molecule has 3 rings (SSSR count). The van der Waals surface area contributed by atoms with Crippen molar-refractivity contribution in [1.82, 2.24) is 0 Å². The van der Waals surface area contributed by atoms with Gasteiger partial charge in [0.2, 0.25) is 0 Å². The zero-order valence-corrected chi connectivity index (χ0v) is 10.8. The monoisotopic (exact) mass is 220 g/mol. The SMILES string of the molecule is CC12CC=CC(O)(C1)[C@H]1CC(C)(C)[C@H]1CC2. The molecule has 1 N–H and O–H groups in total. The Hall–Kier alpha value is -0.300. The fourth-order valence-electron chi connectivity index (χ4n) is 4.67. The van der Waals surface area contributed by atoms with Crippen molar-refractivity contribution < 1.29 is 5.11 Å². The van der Waals surface area contributed by atoms with E-state index < -0.39 is 5.60 Å². The molecule has 1 heteroatoms. The lowest BCUT2D eigenvalue weighted by atomic mass is 9.50. The first kappa shape index (κ1) is 10.8. The van der Waals surface area contributed by atoms with Gasteiger partial charge in [0.15, 0.2) is 0 Å². The highest BCUT2D eigenvalue weighted by Crippen LogP contribution is 2.63. The van der Waals surface area contributed by atoms with Crippen LogP contribution in [0.15, 0.2) is 12.2 Å². The number of allylic oxidation sites excluding steroid dienone is 1. The minimum atomic E-state index is -0.482. The van der Waals surface area contributed by atoms with Crippen molar-refractivity contribution >= 4 is 0 Å². The normalized spacial score (nSPS) is 53.8. The van der Waals surface area contributed by atoms with E-state index in [9.17, 15) is 5.11 Å². The molecule has 3 aliphatic rings. The van der Waals surface area contributed by atoms with Crippen molar-refractivity contribution in [3.63, 3.8) is 0 Å². The Labute approximate surface area is 98.9 Å². The molecule has 0 aromatic heterocycles. The van der Waals surface area contributed by atoms with Crippen molar-refractivity contribution in [3.8, 4) is 0 Å². The minimum Gasteiger partial charge on any atom is -0.385 e. The molecule has 0 radical (unpaired) electrons. The van der Waals surface area contributed by atoms with Crippen molar-refractivity contribution in [1.29, 1.82) is 0 Å². The van der Waals surface area contributed by atoms with Crippen LogP contribution in [0.1, 0.15) is 52.9 Å². The summed E-state index contributed by atoms with van der Waals surface area (Å²) in [5, 5.41) is 10.9. The number of fused-ring (bicyclic) bond motifs is 4. The maximum Gasteiger partial charge on any atom is 0.0864 e. The highest BCUT2D eigenvalue weighted by molar-refractivity contribution is 5.19. The van der Waals surface area contributed by atoms with Crippen LogP contribution in [0.25, 0.3) is 0 Å². The summed E-state index contributed by atoms with van der Waals surface area (Å²) >= 11 is 0. The maximum absolute atomic E-state index is 10.9. The molecule has 0 aromatic rings. The van der Waals surface area contributed by atoms with Gasteiger partial charge in [-0.2, -0.15) is 0 Å². The smallest absolute Gasteiger partial charge is 0.0864 e. The van der Waals surface area contributed by atoms with Crippen LogP contribution < -0.4 is 0 Å². The highest BCUT2D eigenvalue weighted by atomic mass is 16.3. The summed E-state index contributed by atoms with van der Waals surface area (Å²) in [5.41, 5.74) is 0.336. The topological polar surface area (TPSA) is 20.2 Å². The fraction of sp³-hybridized carbons (Fsp3) is 0.867. The van der Waals surface area contributed by atoms with Crippen LogP contribution in [0.3, 0.4) is 0 Å². The molecule has 3 aliphatic carbocycles. The van der Waals surface area contributed by atoms with Crippen LogP contribution in [0.2, 0.25) is 0 Å². The van der Waals surface area contributed by atoms with Gasteiger partial charge in [0.25, 0.3) is 0 Å². The third-order valence-corrected chi connectivity index (χ3v) is 5.66. The van der Waals surface area contributed by atoms with Gasteiger partial charge in [-0.15, -0.1) is 0 Å². The third kappa shape index (κ3) is 1.33. The van der Waals surface area contributed by atoms with Gasteiger partial charge >= 0.3 is 0 Å². The molecule has 0 amide bonds. The Kier molecular flexibility index (Phi) is 1.98. The Bertz CT molecular complexity index is 343. The van der Waals surface area contributed by atoms with E-state index in [-0.39, 0.29) is 0 Å². The van der Waals surface area contributed by atoms with Gasteiger partial charge in [-0.25, -0.2) is 0 Å². The molecule has 90 valence electrons. The van der Waals surface area contributed by atoms with Gasteiger partial charge in [0, 0.05) is 0 Å². The van der Waals surface area contributed by atoms with E-state index in [1.54, 1.807) is 0 Å². The molecular weight excluding hydrogens is 196 g/mol. The molecule has 2 fully saturated rings. The lowest BCUT2D eigenvalue weighted by Crippen LogP contribution is -2.54. The van der Waals surface area contributed by atoms with Gasteiger partial charge in [-0.3, -0.25) is 0 Å². The maximum atomic E-state index is 10.9. The Morgan fingerprint density at radius 2 is 1.94 bits per heavy atom. The van der Waals surface area contributed by atoms with E-state index in [0.29, 0.717) is 16.7 Å². The average molecular weight is 220 g/mol. The van der Waals surface area contributed by atoms with E-state index in [4.69, 9.17) is 0 Å². The van der Waals surface area contributed by atoms with Gasteiger partial charge in [0.05, 0.1) is 5.60 Å². The zero-order valence-electron chi connectivity index (χ0n) is 10.8. The van der Waals surface area contributed by atoms with Crippen LogP contribution in [0.5, 0.6) is 0 Å². The highest BCUT2D eigenvalue weighted by Gasteiger charge is 2.58. The van der Waals surface area contributed by atoms with Gasteiger partial charge in [0.1, 0.15) is 0 Å². The van der Waals surface area contributed by atoms with Crippen molar-refractivity contribution in [3.05, 3.63) is 12.2 Å². The van der Waals surface area contributed by atoms with Crippen molar-refractivity contribution in [2.75, 3.05) is 0 Å². The summed E-state index contributed by atoms with van der Waals surface area (Å²) < 4.78 is 0. The van der Waals surface area contributed by atoms with Crippen LogP contribution in [0, 0.1) is 22.7 Å². The predicted octanol–water partition coefficient (Wildman–Crippen LogP) is 3.53. The molecule has 0 heterocycles. The molecule has 0 spiro atoms. The quantitative estimate of drug-likeness (QED) is 0.619. The summed E-state index contributed by atoms with van der Waals surface area (Å²) in [6, 6.07) is 0. The predicted molar refractivity (Wildman–Crippen MR) is 66.0 cm³/mol. The molecule has 4 atom stereocenters. The molecule has 2 bridgehead atoms. The molecule has 0 saturated heterocycles. The van der Waals surface area contributed by atoms with Gasteiger partial charge in [-0.1, -0.05) is 32.9 Å². The van der Waals surface area contributed by atoms with Gasteiger partial charge < -0.3 is 5.11 Å². The van der Waals surface area contributed by atoms with Gasteiger partial charge in [-0.05, 0) is 54.8 Å². The van der Waals surface area contributed by atoms with Crippen LogP contribution >= 0.6 is 0 Å². The van der Waals surface area contributed by atoms with Crippen molar-refractivity contribution in [2.45, 2.75) is 58.5 Å². The molecule has 2 saturated carbocycles. The first-order valence-electron chi connectivity index (χ1n) is 6.75. The van der Waals surface area contributed by atoms with Crippen LogP contribution in [-0.2, 0) is 0 Å². The number of aliphatic hydroxyl groups is 1. The summed E-state index contributed by atoms with van der Waals surface area (Å²) in [6.45, 7) is 7.11. The lowest BCUT2D eigenvalue weighted by molar-refractivity contribution is -0.124. The summed E-state index contributed by atoms with van der Waals surface area (Å²) in [5.74, 6) is 1.27. The standard InChI is InChI=1S/C15H24O/c1-13(2)9-12-11(13)5-8-14(3)6-4-7-15(12,16)10-14/h4,7,11-12,16H,5-6,8-10H2,1-3H3/t11-,12-,14?,15?/m0/s1. The lowest BCUT2D eigenvalue weighted by Gasteiger charge is -2.56. The van der Waals surface area contributed by atoms with E-state index in [2.05, 4.69) is 32.9 Å². The number of hydrogen-bond donors (Lipinski definition) is 1. The molecule has 1 nitrogen and oxygen atoms in total. The van der Waals surface area contributed by atoms with E-state index in [1.807, 2.05) is 0 Å². The molecule has 0 aromatic carbocycles. The Morgan fingerprint density at radius 1 is 1.19 bits per heavy atom. The minimum absolute atomic E-state index is 0.358. The second-order valence-electron chi connectivity index (χ2n) is 7.53. The van der Waals surface area contributed by atoms with Crippen LogP contribution in [0.4, 0.5) is 0 Å². The molecular formula is C15H24O. The average Bonchev–Trinajstić information content (AvgIpc) is 2.19.